The summed E-state index contributed by atoms with van der Waals surface area (Å²) in [4.78, 5) is 12.0. The predicted octanol–water partition coefficient (Wildman–Crippen LogP) is 3.49. The summed E-state index contributed by atoms with van der Waals surface area (Å²) in [6.45, 7) is 5.04. The fourth-order valence-electron chi connectivity index (χ4n) is 2.38. The van der Waals surface area contributed by atoms with Crippen molar-refractivity contribution in [1.29, 1.82) is 0 Å². The van der Waals surface area contributed by atoms with Gasteiger partial charge in [0.2, 0.25) is 0 Å². The minimum Gasteiger partial charge on any atom is -0.497 e. The molecule has 4 heteroatoms. The topological polar surface area (TPSA) is 50.4 Å². The average molecular weight is 290 g/mol. The van der Waals surface area contributed by atoms with Gasteiger partial charge < -0.3 is 15.4 Å². The standard InChI is InChI=1S/C17H26N2O2/c1-12(2)10-11-18-17(20)19-16(13-4-5-13)14-6-8-15(21-3)9-7-14/h6-9,12-13,16H,4-5,10-11H2,1-3H3,(H2,18,19,20). The second-order valence-corrected chi connectivity index (χ2v) is 6.17. The second kappa shape index (κ2) is 7.34. The lowest BCUT2D eigenvalue weighted by molar-refractivity contribution is 0.235. The Morgan fingerprint density at radius 2 is 1.95 bits per heavy atom. The molecule has 21 heavy (non-hydrogen) atoms. The smallest absolute Gasteiger partial charge is 0.315 e. The van der Waals surface area contributed by atoms with E-state index in [0.29, 0.717) is 11.8 Å². The molecule has 2 N–H and O–H groups in total. The Labute approximate surface area is 127 Å². The van der Waals surface area contributed by atoms with Gasteiger partial charge in [0.1, 0.15) is 5.75 Å². The molecular formula is C17H26N2O2. The number of nitrogens with one attached hydrogen (secondary N) is 2. The maximum absolute atomic E-state index is 12.0. The van der Waals surface area contributed by atoms with Crippen LogP contribution in [0.3, 0.4) is 0 Å². The molecule has 1 unspecified atom stereocenters. The molecule has 1 aromatic carbocycles. The number of rotatable bonds is 7. The molecule has 1 fully saturated rings. The van der Waals surface area contributed by atoms with Crippen LogP contribution < -0.4 is 15.4 Å². The van der Waals surface area contributed by atoms with Crippen LogP contribution >= 0.6 is 0 Å². The Balaban J connectivity index is 1.91. The van der Waals surface area contributed by atoms with Crippen molar-refractivity contribution in [1.82, 2.24) is 10.6 Å². The number of amides is 2. The van der Waals surface area contributed by atoms with Crippen LogP contribution in [0, 0.1) is 11.8 Å². The third-order valence-electron chi connectivity index (χ3n) is 3.86. The van der Waals surface area contributed by atoms with E-state index in [4.69, 9.17) is 4.74 Å². The molecule has 1 atom stereocenters. The number of carbonyl (C=O) groups excluding carboxylic acids is 1. The van der Waals surface area contributed by atoms with Crippen LogP contribution in [0.15, 0.2) is 24.3 Å². The highest BCUT2D eigenvalue weighted by molar-refractivity contribution is 5.74. The summed E-state index contributed by atoms with van der Waals surface area (Å²) < 4.78 is 5.18. The van der Waals surface area contributed by atoms with E-state index in [1.54, 1.807) is 7.11 Å². The number of hydrogen-bond donors (Lipinski definition) is 2. The highest BCUT2D eigenvalue weighted by atomic mass is 16.5. The van der Waals surface area contributed by atoms with Crippen molar-refractivity contribution >= 4 is 6.03 Å². The third-order valence-corrected chi connectivity index (χ3v) is 3.86. The van der Waals surface area contributed by atoms with Crippen molar-refractivity contribution in [2.24, 2.45) is 11.8 Å². The van der Waals surface area contributed by atoms with Crippen LogP contribution in [0.2, 0.25) is 0 Å². The zero-order chi connectivity index (χ0) is 15.2. The number of methoxy groups -OCH3 is 1. The molecule has 4 nitrogen and oxygen atoms in total. The zero-order valence-corrected chi connectivity index (χ0v) is 13.2. The number of urea groups is 1. The normalized spacial score (nSPS) is 15.6. The van der Waals surface area contributed by atoms with Crippen LogP contribution in [0.25, 0.3) is 0 Å². The summed E-state index contributed by atoms with van der Waals surface area (Å²) >= 11 is 0. The Morgan fingerprint density at radius 3 is 2.48 bits per heavy atom. The fraction of sp³-hybridized carbons (Fsp3) is 0.588. The quantitative estimate of drug-likeness (QED) is 0.807. The summed E-state index contributed by atoms with van der Waals surface area (Å²) in [5.41, 5.74) is 1.15. The summed E-state index contributed by atoms with van der Waals surface area (Å²) in [5.74, 6) is 2.01. The molecule has 1 saturated carbocycles. The zero-order valence-electron chi connectivity index (χ0n) is 13.2. The molecule has 2 amide bonds. The van der Waals surface area contributed by atoms with E-state index in [2.05, 4.69) is 24.5 Å². The summed E-state index contributed by atoms with van der Waals surface area (Å²) in [6.07, 6.45) is 3.37. The van der Waals surface area contributed by atoms with Crippen molar-refractivity contribution in [2.75, 3.05) is 13.7 Å². The van der Waals surface area contributed by atoms with Crippen LogP contribution in [0.1, 0.15) is 44.7 Å². The molecule has 0 saturated heterocycles. The minimum atomic E-state index is -0.0663. The van der Waals surface area contributed by atoms with Gasteiger partial charge in [-0.15, -0.1) is 0 Å². The fourth-order valence-corrected chi connectivity index (χ4v) is 2.38. The Morgan fingerprint density at radius 1 is 1.29 bits per heavy atom. The first kappa shape index (κ1) is 15.7. The predicted molar refractivity (Wildman–Crippen MR) is 84.4 cm³/mol. The number of benzene rings is 1. The van der Waals surface area contributed by atoms with Crippen LogP contribution in [0.4, 0.5) is 4.79 Å². The van der Waals surface area contributed by atoms with Crippen molar-refractivity contribution in [3.8, 4) is 5.75 Å². The molecule has 0 aromatic heterocycles. The van der Waals surface area contributed by atoms with Gasteiger partial charge in [-0.25, -0.2) is 4.79 Å². The Kier molecular flexibility index (Phi) is 5.48. The van der Waals surface area contributed by atoms with Gasteiger partial charge in [0.15, 0.2) is 0 Å². The minimum absolute atomic E-state index is 0.0663. The van der Waals surface area contributed by atoms with Gasteiger partial charge in [0.05, 0.1) is 13.2 Å². The largest absolute Gasteiger partial charge is 0.497 e. The van der Waals surface area contributed by atoms with E-state index in [0.717, 1.165) is 24.3 Å². The molecule has 2 rings (SSSR count). The second-order valence-electron chi connectivity index (χ2n) is 6.17. The van der Waals surface area contributed by atoms with Gasteiger partial charge in [-0.3, -0.25) is 0 Å². The molecule has 0 spiro atoms. The molecular weight excluding hydrogens is 264 g/mol. The first-order chi connectivity index (χ1) is 10.1. The molecule has 0 bridgehead atoms. The van der Waals surface area contributed by atoms with E-state index in [9.17, 15) is 4.79 Å². The van der Waals surface area contributed by atoms with Gasteiger partial charge in [0.25, 0.3) is 0 Å². The lowest BCUT2D eigenvalue weighted by Crippen LogP contribution is -2.39. The lowest BCUT2D eigenvalue weighted by Gasteiger charge is -2.19. The number of ether oxygens (including phenoxy) is 1. The summed E-state index contributed by atoms with van der Waals surface area (Å²) in [7, 11) is 1.66. The van der Waals surface area contributed by atoms with Crippen LogP contribution in [-0.4, -0.2) is 19.7 Å². The average Bonchev–Trinajstić information content (AvgIpc) is 3.29. The van der Waals surface area contributed by atoms with E-state index >= 15 is 0 Å². The summed E-state index contributed by atoms with van der Waals surface area (Å²) in [5, 5.41) is 6.06. The third kappa shape index (κ3) is 4.96. The van der Waals surface area contributed by atoms with E-state index in [-0.39, 0.29) is 12.1 Å². The van der Waals surface area contributed by atoms with Crippen molar-refractivity contribution in [3.05, 3.63) is 29.8 Å². The first-order valence-corrected chi connectivity index (χ1v) is 7.78. The van der Waals surface area contributed by atoms with Crippen molar-refractivity contribution in [3.63, 3.8) is 0 Å². The van der Waals surface area contributed by atoms with Gasteiger partial charge >= 0.3 is 6.03 Å². The highest BCUT2D eigenvalue weighted by Gasteiger charge is 2.33. The molecule has 1 aromatic rings. The molecule has 116 valence electrons. The van der Waals surface area contributed by atoms with E-state index < -0.39 is 0 Å². The SMILES string of the molecule is COc1ccc(C(NC(=O)NCCC(C)C)C2CC2)cc1. The molecule has 1 aliphatic rings. The highest BCUT2D eigenvalue weighted by Crippen LogP contribution is 2.41. The maximum atomic E-state index is 12.0. The van der Waals surface area contributed by atoms with E-state index in [1.165, 1.54) is 12.8 Å². The molecule has 1 aliphatic carbocycles. The Hall–Kier alpha value is -1.71. The van der Waals surface area contributed by atoms with Crippen molar-refractivity contribution in [2.45, 2.75) is 39.2 Å². The maximum Gasteiger partial charge on any atom is 0.315 e. The van der Waals surface area contributed by atoms with Gasteiger partial charge in [-0.05, 0) is 48.8 Å². The Bertz CT molecular complexity index is 452. The van der Waals surface area contributed by atoms with Gasteiger partial charge in [-0.1, -0.05) is 26.0 Å². The van der Waals surface area contributed by atoms with Gasteiger partial charge in [-0.2, -0.15) is 0 Å². The molecule has 0 radical (unpaired) electrons. The summed E-state index contributed by atoms with van der Waals surface area (Å²) in [6, 6.07) is 8.01. The number of carbonyl (C=O) groups is 1. The molecule has 0 aliphatic heterocycles. The monoisotopic (exact) mass is 290 g/mol. The van der Waals surface area contributed by atoms with Crippen molar-refractivity contribution < 1.29 is 9.53 Å². The van der Waals surface area contributed by atoms with Crippen LogP contribution in [-0.2, 0) is 0 Å². The van der Waals surface area contributed by atoms with Gasteiger partial charge in [0, 0.05) is 6.54 Å². The lowest BCUT2D eigenvalue weighted by atomic mass is 10.0. The van der Waals surface area contributed by atoms with Crippen LogP contribution in [0.5, 0.6) is 5.75 Å². The molecule has 0 heterocycles. The number of hydrogen-bond acceptors (Lipinski definition) is 2. The van der Waals surface area contributed by atoms with E-state index in [1.807, 2.05) is 24.3 Å². The first-order valence-electron chi connectivity index (χ1n) is 7.78.